The fourth-order valence-corrected chi connectivity index (χ4v) is 5.91. The third kappa shape index (κ3) is 7.15. The molecular weight excluding hydrogens is 272 g/mol. The average Bonchev–Trinajstić information content (AvgIpc) is 2.27. The molecule has 0 N–H and O–H groups in total. The minimum absolute atomic E-state index is 0.0747. The van der Waals surface area contributed by atoms with Crippen LogP contribution in [0.2, 0.25) is 11.1 Å². The lowest BCUT2D eigenvalue weighted by Crippen LogP contribution is -2.46. The Kier molecular flexibility index (Phi) is 8.90. The van der Waals surface area contributed by atoms with Crippen molar-refractivity contribution in [3.63, 3.8) is 0 Å². The van der Waals surface area contributed by atoms with Crippen LogP contribution >= 0.6 is 11.1 Å². The van der Waals surface area contributed by atoms with E-state index in [1.807, 2.05) is 0 Å². The second-order valence-electron chi connectivity index (χ2n) is 7.03. The Morgan fingerprint density at radius 3 is 1.84 bits per heavy atom. The minimum atomic E-state index is -2.14. The Balaban J connectivity index is 4.32. The maximum atomic E-state index is 6.87. The lowest BCUT2D eigenvalue weighted by molar-refractivity contribution is 0.0844. The van der Waals surface area contributed by atoms with Crippen molar-refractivity contribution in [1.29, 1.82) is 0 Å². The molecular formula is C16H35ClOSi. The third-order valence-corrected chi connectivity index (χ3v) is 10.8. The van der Waals surface area contributed by atoms with E-state index in [0.29, 0.717) is 11.1 Å². The van der Waals surface area contributed by atoms with Crippen molar-refractivity contribution in [2.75, 3.05) is 0 Å². The van der Waals surface area contributed by atoms with Gasteiger partial charge in [-0.2, -0.15) is 0 Å². The number of hydrogen-bond donors (Lipinski definition) is 0. The van der Waals surface area contributed by atoms with Crippen LogP contribution in [0.15, 0.2) is 0 Å². The van der Waals surface area contributed by atoms with Gasteiger partial charge < -0.3 is 4.43 Å². The molecule has 0 bridgehead atoms. The maximum Gasteiger partial charge on any atom is 0.295 e. The van der Waals surface area contributed by atoms with Gasteiger partial charge in [-0.3, -0.25) is 0 Å². The highest BCUT2D eigenvalue weighted by Crippen LogP contribution is 2.40. The molecule has 0 aromatic carbocycles. The molecule has 0 amide bonds. The molecule has 0 spiro atoms. The van der Waals surface area contributed by atoms with Crippen molar-refractivity contribution < 1.29 is 4.43 Å². The van der Waals surface area contributed by atoms with Gasteiger partial charge in [-0.25, -0.2) is 0 Å². The summed E-state index contributed by atoms with van der Waals surface area (Å²) in [4.78, 5) is 0. The number of hydrogen-bond acceptors (Lipinski definition) is 1. The number of rotatable bonds is 10. The Bertz CT molecular complexity index is 231. The Morgan fingerprint density at radius 1 is 0.947 bits per heavy atom. The molecule has 0 aromatic rings. The average molecular weight is 307 g/mol. The van der Waals surface area contributed by atoms with Gasteiger partial charge in [0.25, 0.3) is 7.63 Å². The molecule has 0 heterocycles. The van der Waals surface area contributed by atoms with Gasteiger partial charge in [0.15, 0.2) is 0 Å². The normalized spacial score (nSPS) is 13.6. The van der Waals surface area contributed by atoms with E-state index in [0.717, 1.165) is 6.42 Å². The largest absolute Gasteiger partial charge is 0.397 e. The van der Waals surface area contributed by atoms with E-state index in [9.17, 15) is 0 Å². The first kappa shape index (κ1) is 19.5. The number of unbranched alkanes of at least 4 members (excludes halogenated alkanes) is 4. The second kappa shape index (κ2) is 8.69. The van der Waals surface area contributed by atoms with Crippen molar-refractivity contribution >= 4 is 18.7 Å². The monoisotopic (exact) mass is 306 g/mol. The maximum absolute atomic E-state index is 6.87. The van der Waals surface area contributed by atoms with Crippen molar-refractivity contribution in [3.8, 4) is 0 Å². The van der Waals surface area contributed by atoms with Crippen LogP contribution in [0.5, 0.6) is 0 Å². The van der Waals surface area contributed by atoms with E-state index >= 15 is 0 Å². The molecule has 19 heavy (non-hydrogen) atoms. The van der Waals surface area contributed by atoms with Gasteiger partial charge in [0.05, 0.1) is 5.60 Å². The summed E-state index contributed by atoms with van der Waals surface area (Å²) >= 11 is 6.87. The quantitative estimate of drug-likeness (QED) is 0.249. The predicted octanol–water partition coefficient (Wildman–Crippen LogP) is 6.64. The molecule has 0 aliphatic rings. The zero-order valence-corrected chi connectivity index (χ0v) is 15.9. The summed E-state index contributed by atoms with van der Waals surface area (Å²) in [5.41, 5.74) is 0.830. The summed E-state index contributed by atoms with van der Waals surface area (Å²) in [5.74, 6) is 0. The highest BCUT2D eigenvalue weighted by Gasteiger charge is 2.44. The van der Waals surface area contributed by atoms with E-state index in [2.05, 4.69) is 48.5 Å². The number of halogens is 1. The predicted molar refractivity (Wildman–Crippen MR) is 90.3 cm³/mol. The van der Waals surface area contributed by atoms with Gasteiger partial charge in [0, 0.05) is 0 Å². The van der Waals surface area contributed by atoms with Crippen LogP contribution < -0.4 is 0 Å². The summed E-state index contributed by atoms with van der Waals surface area (Å²) in [6.07, 6.45) is 7.71. The van der Waals surface area contributed by atoms with Gasteiger partial charge in [-0.1, -0.05) is 66.7 Å². The zero-order chi connectivity index (χ0) is 15.1. The van der Waals surface area contributed by atoms with E-state index in [1.54, 1.807) is 0 Å². The summed E-state index contributed by atoms with van der Waals surface area (Å²) in [6, 6.07) is 0. The SMILES string of the molecule is CCCCCCCC(C)(C)O[Si](Cl)(C(C)C)C(C)C. The van der Waals surface area contributed by atoms with E-state index in [4.69, 9.17) is 15.5 Å². The topological polar surface area (TPSA) is 9.23 Å². The molecule has 3 heteroatoms. The lowest BCUT2D eigenvalue weighted by atomic mass is 10.00. The molecule has 0 atom stereocenters. The lowest BCUT2D eigenvalue weighted by Gasteiger charge is -2.40. The van der Waals surface area contributed by atoms with Gasteiger partial charge >= 0.3 is 0 Å². The van der Waals surface area contributed by atoms with Crippen LogP contribution in [0.3, 0.4) is 0 Å². The van der Waals surface area contributed by atoms with Gasteiger partial charge in [0.1, 0.15) is 0 Å². The van der Waals surface area contributed by atoms with E-state index in [-0.39, 0.29) is 5.60 Å². The van der Waals surface area contributed by atoms with Crippen LogP contribution in [0, 0.1) is 0 Å². The summed E-state index contributed by atoms with van der Waals surface area (Å²) in [5, 5.41) is 0. The zero-order valence-electron chi connectivity index (χ0n) is 14.2. The van der Waals surface area contributed by atoms with Crippen molar-refractivity contribution in [2.45, 2.75) is 104 Å². The van der Waals surface area contributed by atoms with Gasteiger partial charge in [-0.05, 0) is 31.4 Å². The Hall–Kier alpha value is 0.467. The molecule has 0 rings (SSSR count). The summed E-state index contributed by atoms with van der Waals surface area (Å²) < 4.78 is 6.46. The smallest absolute Gasteiger partial charge is 0.295 e. The molecule has 0 aliphatic heterocycles. The minimum Gasteiger partial charge on any atom is -0.397 e. The van der Waals surface area contributed by atoms with E-state index < -0.39 is 7.63 Å². The highest BCUT2D eigenvalue weighted by atomic mass is 35.6. The summed E-state index contributed by atoms with van der Waals surface area (Å²) in [7, 11) is -2.14. The fourth-order valence-electron chi connectivity index (χ4n) is 2.53. The molecule has 0 aromatic heterocycles. The first-order chi connectivity index (χ1) is 8.65. The van der Waals surface area contributed by atoms with Crippen molar-refractivity contribution in [3.05, 3.63) is 0 Å². The summed E-state index contributed by atoms with van der Waals surface area (Å²) in [6.45, 7) is 15.5. The van der Waals surface area contributed by atoms with Crippen LogP contribution in [0.25, 0.3) is 0 Å². The molecule has 0 saturated carbocycles. The third-order valence-electron chi connectivity index (χ3n) is 3.89. The van der Waals surface area contributed by atoms with Crippen LogP contribution in [0.1, 0.15) is 87.0 Å². The van der Waals surface area contributed by atoms with E-state index in [1.165, 1.54) is 32.1 Å². The van der Waals surface area contributed by atoms with Crippen LogP contribution in [-0.2, 0) is 4.43 Å². The molecule has 116 valence electrons. The van der Waals surface area contributed by atoms with Gasteiger partial charge in [-0.15, -0.1) is 11.1 Å². The molecule has 0 saturated heterocycles. The standard InChI is InChI=1S/C16H35ClOSi/c1-8-9-10-11-12-13-16(6,7)18-19(17,14(2)3)15(4)5/h14-15H,8-13H2,1-7H3. The Morgan fingerprint density at radius 2 is 1.42 bits per heavy atom. The van der Waals surface area contributed by atoms with Crippen molar-refractivity contribution in [2.24, 2.45) is 0 Å². The van der Waals surface area contributed by atoms with Gasteiger partial charge in [0.2, 0.25) is 0 Å². The van der Waals surface area contributed by atoms with Crippen LogP contribution in [0.4, 0.5) is 0 Å². The molecule has 0 radical (unpaired) electrons. The first-order valence-corrected chi connectivity index (χ1v) is 11.1. The van der Waals surface area contributed by atoms with Crippen LogP contribution in [-0.4, -0.2) is 13.2 Å². The molecule has 0 aliphatic carbocycles. The molecule has 0 unspecified atom stereocenters. The highest BCUT2D eigenvalue weighted by molar-refractivity contribution is 7.18. The molecule has 1 nitrogen and oxygen atoms in total. The first-order valence-electron chi connectivity index (χ1n) is 8.04. The fraction of sp³-hybridized carbons (Fsp3) is 1.00. The molecule has 0 fully saturated rings. The Labute approximate surface area is 127 Å². The van der Waals surface area contributed by atoms with Crippen molar-refractivity contribution in [1.82, 2.24) is 0 Å². The second-order valence-corrected chi connectivity index (χ2v) is 12.7.